The van der Waals surface area contributed by atoms with Gasteiger partial charge in [0.1, 0.15) is 6.10 Å². The standard InChI is InChI=1S/C11H12O3/c1-7-9(12)11(13)14-10(7)8-5-3-2-4-6-8/h2-7,9-10,12H,1H3/t7-,9-,10+/m1/s1. The molecule has 0 aromatic heterocycles. The second-order valence-electron chi connectivity index (χ2n) is 3.57. The third-order valence-corrected chi connectivity index (χ3v) is 2.59. The van der Waals surface area contributed by atoms with Crippen molar-refractivity contribution in [3.8, 4) is 0 Å². The van der Waals surface area contributed by atoms with Crippen molar-refractivity contribution < 1.29 is 14.6 Å². The Morgan fingerprint density at radius 2 is 1.93 bits per heavy atom. The van der Waals surface area contributed by atoms with Crippen LogP contribution in [0.1, 0.15) is 18.6 Å². The number of carbonyl (C=O) groups is 1. The summed E-state index contributed by atoms with van der Waals surface area (Å²) >= 11 is 0. The third-order valence-electron chi connectivity index (χ3n) is 2.59. The fraction of sp³-hybridized carbons (Fsp3) is 0.364. The predicted molar refractivity (Wildman–Crippen MR) is 50.4 cm³/mol. The Hall–Kier alpha value is -1.35. The first-order chi connectivity index (χ1) is 6.70. The molecule has 1 saturated heterocycles. The largest absolute Gasteiger partial charge is 0.455 e. The monoisotopic (exact) mass is 192 g/mol. The molecule has 0 bridgehead atoms. The van der Waals surface area contributed by atoms with E-state index in [9.17, 15) is 9.90 Å². The highest BCUT2D eigenvalue weighted by Crippen LogP contribution is 2.34. The van der Waals surface area contributed by atoms with Crippen molar-refractivity contribution in [1.82, 2.24) is 0 Å². The number of hydrogen-bond acceptors (Lipinski definition) is 3. The number of cyclic esters (lactones) is 1. The van der Waals surface area contributed by atoms with Gasteiger partial charge < -0.3 is 9.84 Å². The van der Waals surface area contributed by atoms with Gasteiger partial charge in [0.05, 0.1) is 0 Å². The molecule has 1 N–H and O–H groups in total. The first-order valence-electron chi connectivity index (χ1n) is 4.63. The van der Waals surface area contributed by atoms with Crippen molar-refractivity contribution in [3.63, 3.8) is 0 Å². The van der Waals surface area contributed by atoms with Crippen molar-refractivity contribution in [2.45, 2.75) is 19.1 Å². The van der Waals surface area contributed by atoms with E-state index in [1.165, 1.54) is 0 Å². The highest BCUT2D eigenvalue weighted by molar-refractivity contribution is 5.77. The molecule has 1 fully saturated rings. The number of carbonyl (C=O) groups excluding carboxylic acids is 1. The lowest BCUT2D eigenvalue weighted by molar-refractivity contribution is -0.147. The number of aliphatic hydroxyl groups excluding tert-OH is 1. The summed E-state index contributed by atoms with van der Waals surface area (Å²) < 4.78 is 5.08. The lowest BCUT2D eigenvalue weighted by atomic mass is 9.95. The van der Waals surface area contributed by atoms with Gasteiger partial charge in [-0.25, -0.2) is 4.79 Å². The Morgan fingerprint density at radius 3 is 2.43 bits per heavy atom. The lowest BCUT2D eigenvalue weighted by Gasteiger charge is -2.14. The molecule has 1 aliphatic heterocycles. The molecule has 1 aromatic rings. The number of aliphatic hydroxyl groups is 1. The van der Waals surface area contributed by atoms with Gasteiger partial charge in [-0.05, 0) is 5.56 Å². The van der Waals surface area contributed by atoms with Crippen LogP contribution in [-0.4, -0.2) is 17.2 Å². The van der Waals surface area contributed by atoms with Crippen LogP contribution in [0.2, 0.25) is 0 Å². The summed E-state index contributed by atoms with van der Waals surface area (Å²) in [4.78, 5) is 11.1. The molecule has 14 heavy (non-hydrogen) atoms. The molecule has 3 heteroatoms. The minimum Gasteiger partial charge on any atom is -0.455 e. The summed E-state index contributed by atoms with van der Waals surface area (Å²) in [6.07, 6.45) is -1.29. The molecule has 3 nitrogen and oxygen atoms in total. The second-order valence-corrected chi connectivity index (χ2v) is 3.57. The first-order valence-corrected chi connectivity index (χ1v) is 4.63. The van der Waals surface area contributed by atoms with E-state index in [0.717, 1.165) is 5.56 Å². The van der Waals surface area contributed by atoms with Crippen LogP contribution in [0.15, 0.2) is 30.3 Å². The van der Waals surface area contributed by atoms with E-state index in [1.807, 2.05) is 37.3 Å². The summed E-state index contributed by atoms with van der Waals surface area (Å²) in [5.74, 6) is -0.698. The summed E-state index contributed by atoms with van der Waals surface area (Å²) in [5, 5.41) is 9.42. The van der Waals surface area contributed by atoms with Crippen LogP contribution in [0.5, 0.6) is 0 Å². The van der Waals surface area contributed by atoms with Gasteiger partial charge in [0.25, 0.3) is 0 Å². The molecule has 0 spiro atoms. The van der Waals surface area contributed by atoms with Crippen LogP contribution >= 0.6 is 0 Å². The summed E-state index contributed by atoms with van der Waals surface area (Å²) in [6, 6.07) is 9.47. The molecular formula is C11H12O3. The van der Waals surface area contributed by atoms with E-state index < -0.39 is 12.1 Å². The molecule has 1 heterocycles. The average Bonchev–Trinajstić information content (AvgIpc) is 2.47. The lowest BCUT2D eigenvalue weighted by Crippen LogP contribution is -2.19. The average molecular weight is 192 g/mol. The number of rotatable bonds is 1. The third kappa shape index (κ3) is 1.40. The van der Waals surface area contributed by atoms with Crippen molar-refractivity contribution in [2.24, 2.45) is 5.92 Å². The van der Waals surface area contributed by atoms with Gasteiger partial charge in [-0.2, -0.15) is 0 Å². The molecule has 0 saturated carbocycles. The maximum absolute atomic E-state index is 11.1. The second kappa shape index (κ2) is 3.42. The van der Waals surface area contributed by atoms with E-state index in [4.69, 9.17) is 4.74 Å². The van der Waals surface area contributed by atoms with Crippen LogP contribution < -0.4 is 0 Å². The minimum atomic E-state index is -0.986. The van der Waals surface area contributed by atoms with Crippen LogP contribution in [0.3, 0.4) is 0 Å². The van der Waals surface area contributed by atoms with Gasteiger partial charge in [0, 0.05) is 5.92 Å². The van der Waals surface area contributed by atoms with Crippen molar-refractivity contribution >= 4 is 5.97 Å². The van der Waals surface area contributed by atoms with E-state index in [2.05, 4.69) is 0 Å². The van der Waals surface area contributed by atoms with E-state index in [-0.39, 0.29) is 12.0 Å². The molecule has 74 valence electrons. The Morgan fingerprint density at radius 1 is 1.29 bits per heavy atom. The minimum absolute atomic E-state index is 0.176. The Labute approximate surface area is 82.3 Å². The van der Waals surface area contributed by atoms with E-state index >= 15 is 0 Å². The van der Waals surface area contributed by atoms with Gasteiger partial charge in [-0.1, -0.05) is 37.3 Å². The van der Waals surface area contributed by atoms with E-state index in [0.29, 0.717) is 0 Å². The zero-order valence-corrected chi connectivity index (χ0v) is 7.88. The molecule has 0 amide bonds. The molecule has 1 aliphatic rings. The highest BCUT2D eigenvalue weighted by Gasteiger charge is 2.41. The molecule has 1 aromatic carbocycles. The normalized spacial score (nSPS) is 31.6. The Balaban J connectivity index is 2.26. The Kier molecular flexibility index (Phi) is 2.25. The van der Waals surface area contributed by atoms with Crippen molar-refractivity contribution in [3.05, 3.63) is 35.9 Å². The quantitative estimate of drug-likeness (QED) is 0.682. The van der Waals surface area contributed by atoms with Gasteiger partial charge in [0.15, 0.2) is 6.10 Å². The summed E-state index contributed by atoms with van der Waals surface area (Å²) in [6.45, 7) is 1.81. The number of ether oxygens (including phenoxy) is 1. The SMILES string of the molecule is C[C@H]1[C@@H](c2ccccc2)OC(=O)[C@@H]1O. The van der Waals surface area contributed by atoms with Crippen LogP contribution in [-0.2, 0) is 9.53 Å². The predicted octanol–water partition coefficient (Wildman–Crippen LogP) is 1.28. The maximum atomic E-state index is 11.1. The first kappa shape index (κ1) is 9.21. The Bertz CT molecular complexity index is 334. The number of hydrogen-bond donors (Lipinski definition) is 1. The highest BCUT2D eigenvalue weighted by atomic mass is 16.6. The zero-order valence-electron chi connectivity index (χ0n) is 7.88. The molecule has 2 rings (SSSR count). The van der Waals surface area contributed by atoms with Crippen LogP contribution in [0.4, 0.5) is 0 Å². The molecule has 0 unspecified atom stereocenters. The van der Waals surface area contributed by atoms with Crippen LogP contribution in [0.25, 0.3) is 0 Å². The number of benzene rings is 1. The molecule has 0 aliphatic carbocycles. The fourth-order valence-electron chi connectivity index (χ4n) is 1.70. The summed E-state index contributed by atoms with van der Waals surface area (Å²) in [5.41, 5.74) is 0.935. The topological polar surface area (TPSA) is 46.5 Å². The van der Waals surface area contributed by atoms with Crippen molar-refractivity contribution in [2.75, 3.05) is 0 Å². The van der Waals surface area contributed by atoms with Gasteiger partial charge in [0.2, 0.25) is 0 Å². The van der Waals surface area contributed by atoms with Gasteiger partial charge >= 0.3 is 5.97 Å². The molecule has 3 atom stereocenters. The van der Waals surface area contributed by atoms with Gasteiger partial charge in [-0.15, -0.1) is 0 Å². The van der Waals surface area contributed by atoms with E-state index in [1.54, 1.807) is 0 Å². The maximum Gasteiger partial charge on any atom is 0.336 e. The smallest absolute Gasteiger partial charge is 0.336 e. The number of esters is 1. The summed E-state index contributed by atoms with van der Waals surface area (Å²) in [7, 11) is 0. The fourth-order valence-corrected chi connectivity index (χ4v) is 1.70. The van der Waals surface area contributed by atoms with Gasteiger partial charge in [-0.3, -0.25) is 0 Å². The van der Waals surface area contributed by atoms with Crippen molar-refractivity contribution in [1.29, 1.82) is 0 Å². The molecular weight excluding hydrogens is 180 g/mol. The zero-order chi connectivity index (χ0) is 10.1. The molecule has 0 radical (unpaired) electrons. The van der Waals surface area contributed by atoms with Crippen LogP contribution in [0, 0.1) is 5.92 Å².